The minimum absolute atomic E-state index is 0.0418. The van der Waals surface area contributed by atoms with Crippen molar-refractivity contribution in [3.63, 3.8) is 0 Å². The van der Waals surface area contributed by atoms with Crippen molar-refractivity contribution < 1.29 is 19.1 Å². The van der Waals surface area contributed by atoms with E-state index in [2.05, 4.69) is 0 Å². The minimum Gasteiger partial charge on any atom is -0.384 e. The largest absolute Gasteiger partial charge is 0.384 e. The predicted octanol–water partition coefficient (Wildman–Crippen LogP) is 1.32. The Bertz CT molecular complexity index is 650. The van der Waals surface area contributed by atoms with E-state index in [0.29, 0.717) is 39.0 Å². The van der Waals surface area contributed by atoms with Gasteiger partial charge >= 0.3 is 0 Å². The van der Waals surface area contributed by atoms with Crippen LogP contribution in [0.3, 0.4) is 0 Å². The molecule has 3 heterocycles. The van der Waals surface area contributed by atoms with Crippen molar-refractivity contribution in [2.45, 2.75) is 37.1 Å². The second kappa shape index (κ2) is 5.86. The summed E-state index contributed by atoms with van der Waals surface area (Å²) in [5.74, 6) is 0.128. The Morgan fingerprint density at radius 3 is 2.92 bits per heavy atom. The van der Waals surface area contributed by atoms with Crippen molar-refractivity contribution in [1.29, 1.82) is 0 Å². The number of hydrogen-bond acceptors (Lipinski definition) is 4. The highest BCUT2D eigenvalue weighted by Gasteiger charge is 2.64. The SMILES string of the molecule is COCCC(=O)N1CC[C@@]23O[C@@H](c4ccccc4)CN2C(=O)C[C@@H]13. The lowest BCUT2D eigenvalue weighted by molar-refractivity contribution is -0.143. The van der Waals surface area contributed by atoms with Gasteiger partial charge in [0.2, 0.25) is 11.8 Å². The fourth-order valence-electron chi connectivity index (χ4n) is 4.30. The molecule has 0 aliphatic carbocycles. The molecule has 6 heteroatoms. The topological polar surface area (TPSA) is 59.1 Å². The summed E-state index contributed by atoms with van der Waals surface area (Å²) in [5.41, 5.74) is 0.442. The first-order chi connectivity index (χ1) is 11.7. The summed E-state index contributed by atoms with van der Waals surface area (Å²) in [6, 6.07) is 9.81. The van der Waals surface area contributed by atoms with Crippen LogP contribution in [0.2, 0.25) is 0 Å². The summed E-state index contributed by atoms with van der Waals surface area (Å²) >= 11 is 0. The van der Waals surface area contributed by atoms with Crippen LogP contribution in [-0.4, -0.2) is 60.2 Å². The van der Waals surface area contributed by atoms with E-state index in [4.69, 9.17) is 9.47 Å². The van der Waals surface area contributed by atoms with Gasteiger partial charge in [-0.25, -0.2) is 0 Å². The normalized spacial score (nSPS) is 31.5. The molecule has 24 heavy (non-hydrogen) atoms. The first-order valence-corrected chi connectivity index (χ1v) is 8.47. The van der Waals surface area contributed by atoms with Crippen LogP contribution in [-0.2, 0) is 19.1 Å². The number of amides is 2. The number of hydrogen-bond donors (Lipinski definition) is 0. The molecule has 6 nitrogen and oxygen atoms in total. The highest BCUT2D eigenvalue weighted by atomic mass is 16.5. The number of methoxy groups -OCH3 is 1. The van der Waals surface area contributed by atoms with Gasteiger partial charge in [-0.15, -0.1) is 0 Å². The van der Waals surface area contributed by atoms with Crippen LogP contribution in [0.4, 0.5) is 0 Å². The van der Waals surface area contributed by atoms with E-state index < -0.39 is 5.72 Å². The molecule has 3 aliphatic rings. The number of nitrogens with zero attached hydrogens (tertiary/aromatic N) is 2. The molecule has 0 saturated carbocycles. The molecule has 128 valence electrons. The molecule has 0 N–H and O–H groups in total. The fraction of sp³-hybridized carbons (Fsp3) is 0.556. The first kappa shape index (κ1) is 15.6. The number of carbonyl (C=O) groups excluding carboxylic acids is 2. The molecule has 3 fully saturated rings. The van der Waals surface area contributed by atoms with Gasteiger partial charge in [0.25, 0.3) is 0 Å². The van der Waals surface area contributed by atoms with Crippen LogP contribution in [0, 0.1) is 0 Å². The van der Waals surface area contributed by atoms with Crippen molar-refractivity contribution in [3.05, 3.63) is 35.9 Å². The summed E-state index contributed by atoms with van der Waals surface area (Å²) in [5, 5.41) is 0. The Morgan fingerprint density at radius 1 is 1.38 bits per heavy atom. The third-order valence-corrected chi connectivity index (χ3v) is 5.44. The molecule has 3 atom stereocenters. The fourth-order valence-corrected chi connectivity index (χ4v) is 4.30. The third-order valence-electron chi connectivity index (χ3n) is 5.44. The van der Waals surface area contributed by atoms with Gasteiger partial charge in [0.15, 0.2) is 5.72 Å². The van der Waals surface area contributed by atoms with Gasteiger partial charge in [-0.3, -0.25) is 9.59 Å². The Kier molecular flexibility index (Phi) is 3.81. The smallest absolute Gasteiger partial charge is 0.227 e. The van der Waals surface area contributed by atoms with Crippen LogP contribution in [0.25, 0.3) is 0 Å². The lowest BCUT2D eigenvalue weighted by Gasteiger charge is -2.32. The van der Waals surface area contributed by atoms with Gasteiger partial charge in [0, 0.05) is 20.1 Å². The Labute approximate surface area is 141 Å². The zero-order valence-corrected chi connectivity index (χ0v) is 13.8. The van der Waals surface area contributed by atoms with E-state index >= 15 is 0 Å². The summed E-state index contributed by atoms with van der Waals surface area (Å²) in [4.78, 5) is 28.6. The van der Waals surface area contributed by atoms with Crippen molar-refractivity contribution in [2.75, 3.05) is 26.8 Å². The van der Waals surface area contributed by atoms with E-state index in [-0.39, 0.29) is 24.0 Å². The van der Waals surface area contributed by atoms with E-state index in [9.17, 15) is 9.59 Å². The van der Waals surface area contributed by atoms with Crippen LogP contribution < -0.4 is 0 Å². The molecule has 1 aromatic carbocycles. The summed E-state index contributed by atoms with van der Waals surface area (Å²) < 4.78 is 11.4. The lowest BCUT2D eigenvalue weighted by Crippen LogP contribution is -2.48. The van der Waals surface area contributed by atoms with Crippen molar-refractivity contribution in [2.24, 2.45) is 0 Å². The standard InChI is InChI=1S/C18H22N2O4/c1-23-10-7-16(21)19-9-8-18-15(19)11-17(22)20(18)12-14(24-18)13-5-3-2-4-6-13/h2-6,14-15H,7-12H2,1H3/t14-,15-,18+/m1/s1. The second-order valence-corrected chi connectivity index (χ2v) is 6.67. The monoisotopic (exact) mass is 330 g/mol. The van der Waals surface area contributed by atoms with Gasteiger partial charge < -0.3 is 19.3 Å². The predicted molar refractivity (Wildman–Crippen MR) is 85.9 cm³/mol. The summed E-state index contributed by atoms with van der Waals surface area (Å²) in [7, 11) is 1.59. The molecular weight excluding hydrogens is 308 g/mol. The zero-order chi connectivity index (χ0) is 16.7. The van der Waals surface area contributed by atoms with Crippen LogP contribution in [0.1, 0.15) is 30.9 Å². The van der Waals surface area contributed by atoms with Crippen LogP contribution in [0.15, 0.2) is 30.3 Å². The number of rotatable bonds is 4. The van der Waals surface area contributed by atoms with Gasteiger partial charge in [-0.1, -0.05) is 30.3 Å². The number of ether oxygens (including phenoxy) is 2. The maximum absolute atomic E-state index is 12.5. The van der Waals surface area contributed by atoms with Gasteiger partial charge in [-0.05, 0) is 5.56 Å². The van der Waals surface area contributed by atoms with Crippen molar-refractivity contribution in [1.82, 2.24) is 9.80 Å². The Morgan fingerprint density at radius 2 is 2.17 bits per heavy atom. The third kappa shape index (κ3) is 2.24. The molecule has 4 rings (SSSR count). The van der Waals surface area contributed by atoms with E-state index in [1.165, 1.54) is 0 Å². The second-order valence-electron chi connectivity index (χ2n) is 6.67. The summed E-state index contributed by atoms with van der Waals surface area (Å²) in [6.45, 7) is 1.61. The maximum atomic E-state index is 12.5. The molecule has 0 unspecified atom stereocenters. The molecule has 2 amide bonds. The average molecular weight is 330 g/mol. The summed E-state index contributed by atoms with van der Waals surface area (Å²) in [6.07, 6.45) is 1.28. The lowest BCUT2D eigenvalue weighted by atomic mass is 10.1. The number of benzene rings is 1. The zero-order valence-electron chi connectivity index (χ0n) is 13.8. The van der Waals surface area contributed by atoms with Gasteiger partial charge in [0.1, 0.15) is 6.10 Å². The van der Waals surface area contributed by atoms with Gasteiger partial charge in [-0.2, -0.15) is 0 Å². The highest BCUT2D eigenvalue weighted by molar-refractivity contribution is 5.84. The molecule has 1 aromatic rings. The van der Waals surface area contributed by atoms with Crippen molar-refractivity contribution in [3.8, 4) is 0 Å². The molecule has 0 aromatic heterocycles. The van der Waals surface area contributed by atoms with E-state index in [1.807, 2.05) is 40.1 Å². The van der Waals surface area contributed by atoms with Crippen molar-refractivity contribution >= 4 is 11.8 Å². The highest BCUT2D eigenvalue weighted by Crippen LogP contribution is 2.50. The molecule has 3 saturated heterocycles. The average Bonchev–Trinajstić information content (AvgIpc) is 3.22. The quantitative estimate of drug-likeness (QED) is 0.835. The van der Waals surface area contributed by atoms with E-state index in [0.717, 1.165) is 5.56 Å². The maximum Gasteiger partial charge on any atom is 0.227 e. The van der Waals surface area contributed by atoms with Crippen LogP contribution >= 0.6 is 0 Å². The Balaban J connectivity index is 1.57. The molecular formula is C18H22N2O4. The minimum atomic E-state index is -0.639. The van der Waals surface area contributed by atoms with E-state index in [1.54, 1.807) is 7.11 Å². The number of carbonyl (C=O) groups is 2. The van der Waals surface area contributed by atoms with Gasteiger partial charge in [0.05, 0.1) is 32.0 Å². The Hall–Kier alpha value is -1.92. The molecule has 1 spiro atoms. The van der Waals surface area contributed by atoms with Crippen LogP contribution in [0.5, 0.6) is 0 Å². The molecule has 0 bridgehead atoms. The molecule has 0 radical (unpaired) electrons. The molecule has 3 aliphatic heterocycles. The first-order valence-electron chi connectivity index (χ1n) is 8.47. The number of likely N-dealkylation sites (tertiary alicyclic amines) is 1.